The molecule has 0 spiro atoms. The second kappa shape index (κ2) is 6.93. The van der Waals surface area contributed by atoms with E-state index in [0.717, 1.165) is 5.57 Å². The molecule has 98 valence electrons. The lowest BCUT2D eigenvalue weighted by molar-refractivity contribution is -0.137. The fourth-order valence-electron chi connectivity index (χ4n) is 0.883. The second-order valence-electron chi connectivity index (χ2n) is 4.97. The van der Waals surface area contributed by atoms with Gasteiger partial charge in [-0.1, -0.05) is 26.3 Å². The number of hydrogen-bond acceptors (Lipinski definition) is 2. The predicted octanol–water partition coefficient (Wildman–Crippen LogP) is 2.10. The van der Waals surface area contributed by atoms with Crippen LogP contribution in [0.5, 0.6) is 0 Å². The maximum Gasteiger partial charge on any atom is 0.318 e. The summed E-state index contributed by atoms with van der Waals surface area (Å²) < 4.78 is 0. The van der Waals surface area contributed by atoms with Crippen molar-refractivity contribution < 1.29 is 14.7 Å². The minimum absolute atomic E-state index is 0.0244. The van der Waals surface area contributed by atoms with Crippen LogP contribution in [0.1, 0.15) is 40.5 Å². The molecule has 0 saturated carbocycles. The van der Waals surface area contributed by atoms with Crippen molar-refractivity contribution in [1.82, 2.24) is 10.6 Å². The minimum atomic E-state index is -0.851. The number of urea groups is 1. The number of carboxylic acid groups (broad SMARTS) is 1. The van der Waals surface area contributed by atoms with Crippen LogP contribution in [0, 0.1) is 5.41 Å². The molecule has 17 heavy (non-hydrogen) atoms. The third-order valence-electron chi connectivity index (χ3n) is 2.46. The van der Waals surface area contributed by atoms with Gasteiger partial charge in [0.05, 0.1) is 0 Å². The zero-order valence-corrected chi connectivity index (χ0v) is 11.0. The Morgan fingerprint density at radius 1 is 1.29 bits per heavy atom. The first-order chi connectivity index (χ1) is 7.73. The van der Waals surface area contributed by atoms with Crippen LogP contribution in [0.25, 0.3) is 0 Å². The first-order valence-corrected chi connectivity index (χ1v) is 5.67. The molecule has 0 aliphatic heterocycles. The SMILES string of the molecule is C/C(=C\NC(=O)NCCCC(=O)O)C(C)(C)C. The molecule has 0 unspecified atom stereocenters. The van der Waals surface area contributed by atoms with Crippen LogP contribution >= 0.6 is 0 Å². The summed E-state index contributed by atoms with van der Waals surface area (Å²) in [5, 5.41) is 13.6. The first-order valence-electron chi connectivity index (χ1n) is 5.67. The van der Waals surface area contributed by atoms with Gasteiger partial charge in [0.1, 0.15) is 0 Å². The van der Waals surface area contributed by atoms with Gasteiger partial charge < -0.3 is 15.7 Å². The molecule has 0 aromatic heterocycles. The summed E-state index contributed by atoms with van der Waals surface area (Å²) >= 11 is 0. The van der Waals surface area contributed by atoms with E-state index in [0.29, 0.717) is 13.0 Å². The maximum absolute atomic E-state index is 11.3. The highest BCUT2D eigenvalue weighted by Crippen LogP contribution is 2.23. The van der Waals surface area contributed by atoms with Crippen molar-refractivity contribution in [2.75, 3.05) is 6.54 Å². The molecule has 0 bridgehead atoms. The Morgan fingerprint density at radius 3 is 2.35 bits per heavy atom. The third-order valence-corrected chi connectivity index (χ3v) is 2.46. The number of carboxylic acids is 1. The molecule has 0 aromatic carbocycles. The third kappa shape index (κ3) is 8.30. The lowest BCUT2D eigenvalue weighted by Crippen LogP contribution is -2.33. The summed E-state index contributed by atoms with van der Waals surface area (Å²) in [6, 6.07) is -0.306. The van der Waals surface area contributed by atoms with Crippen molar-refractivity contribution in [3.05, 3.63) is 11.8 Å². The maximum atomic E-state index is 11.3. The highest BCUT2D eigenvalue weighted by atomic mass is 16.4. The van der Waals surface area contributed by atoms with E-state index in [1.165, 1.54) is 0 Å². The lowest BCUT2D eigenvalue weighted by atomic mass is 9.88. The Morgan fingerprint density at radius 2 is 1.88 bits per heavy atom. The Balaban J connectivity index is 3.84. The molecule has 0 saturated heterocycles. The number of amides is 2. The van der Waals surface area contributed by atoms with Crippen molar-refractivity contribution in [3.63, 3.8) is 0 Å². The Bertz CT molecular complexity index is 303. The molecular formula is C12H22N2O3. The number of carbonyl (C=O) groups is 2. The molecule has 5 heteroatoms. The summed E-state index contributed by atoms with van der Waals surface area (Å²) in [6.45, 7) is 8.49. The van der Waals surface area contributed by atoms with Crippen molar-refractivity contribution in [2.45, 2.75) is 40.5 Å². The van der Waals surface area contributed by atoms with Crippen LogP contribution in [0.3, 0.4) is 0 Å². The smallest absolute Gasteiger partial charge is 0.318 e. The summed E-state index contributed by atoms with van der Waals surface area (Å²) in [6.07, 6.45) is 2.17. The molecule has 0 aliphatic rings. The highest BCUT2D eigenvalue weighted by Gasteiger charge is 2.12. The van der Waals surface area contributed by atoms with Crippen molar-refractivity contribution in [1.29, 1.82) is 0 Å². The van der Waals surface area contributed by atoms with E-state index in [-0.39, 0.29) is 17.9 Å². The summed E-state index contributed by atoms with van der Waals surface area (Å²) in [4.78, 5) is 21.5. The molecule has 0 heterocycles. The number of nitrogens with one attached hydrogen (secondary N) is 2. The van der Waals surface area contributed by atoms with Gasteiger partial charge in [-0.2, -0.15) is 0 Å². The summed E-state index contributed by atoms with van der Waals surface area (Å²) in [7, 11) is 0. The largest absolute Gasteiger partial charge is 0.481 e. The average molecular weight is 242 g/mol. The fraction of sp³-hybridized carbons (Fsp3) is 0.667. The van der Waals surface area contributed by atoms with Gasteiger partial charge in [-0.15, -0.1) is 0 Å². The van der Waals surface area contributed by atoms with Crippen LogP contribution in [0.2, 0.25) is 0 Å². The monoisotopic (exact) mass is 242 g/mol. The fourth-order valence-corrected chi connectivity index (χ4v) is 0.883. The topological polar surface area (TPSA) is 78.4 Å². The molecule has 0 aliphatic carbocycles. The number of hydrogen-bond donors (Lipinski definition) is 3. The van der Waals surface area contributed by atoms with Crippen LogP contribution < -0.4 is 10.6 Å². The van der Waals surface area contributed by atoms with Crippen LogP contribution in [0.15, 0.2) is 11.8 Å². The first kappa shape index (κ1) is 15.5. The van der Waals surface area contributed by atoms with Gasteiger partial charge in [-0.25, -0.2) is 4.79 Å². The predicted molar refractivity (Wildman–Crippen MR) is 66.6 cm³/mol. The quantitative estimate of drug-likeness (QED) is 0.646. The van der Waals surface area contributed by atoms with Gasteiger partial charge in [0.15, 0.2) is 0 Å². The standard InChI is InChI=1S/C12H22N2O3/c1-9(12(2,3)4)8-14-11(17)13-7-5-6-10(15)16/h8H,5-7H2,1-4H3,(H,15,16)(H2,13,14,17)/b9-8+. The normalized spacial score (nSPS) is 12.1. The van der Waals surface area contributed by atoms with Crippen molar-refractivity contribution >= 4 is 12.0 Å². The number of allylic oxidation sites excluding steroid dienone is 1. The van der Waals surface area contributed by atoms with Gasteiger partial charge in [0, 0.05) is 19.2 Å². The summed E-state index contributed by atoms with van der Waals surface area (Å²) in [5.41, 5.74) is 1.09. The Hall–Kier alpha value is -1.52. The van der Waals surface area contributed by atoms with E-state index < -0.39 is 5.97 Å². The highest BCUT2D eigenvalue weighted by molar-refractivity contribution is 5.75. The number of rotatable bonds is 5. The molecule has 0 fully saturated rings. The molecule has 5 nitrogen and oxygen atoms in total. The van der Waals surface area contributed by atoms with E-state index in [1.807, 2.05) is 6.92 Å². The number of aliphatic carboxylic acids is 1. The van der Waals surface area contributed by atoms with Crippen LogP contribution in [0.4, 0.5) is 4.79 Å². The molecule has 2 amide bonds. The van der Waals surface area contributed by atoms with Gasteiger partial charge in [-0.3, -0.25) is 4.79 Å². The van der Waals surface area contributed by atoms with Crippen LogP contribution in [-0.4, -0.2) is 23.7 Å². The lowest BCUT2D eigenvalue weighted by Gasteiger charge is -2.19. The van der Waals surface area contributed by atoms with E-state index in [9.17, 15) is 9.59 Å². The van der Waals surface area contributed by atoms with Crippen molar-refractivity contribution in [3.8, 4) is 0 Å². The molecule has 3 N–H and O–H groups in total. The second-order valence-corrected chi connectivity index (χ2v) is 4.97. The Labute approximate surface area is 102 Å². The van der Waals surface area contributed by atoms with E-state index in [4.69, 9.17) is 5.11 Å². The average Bonchev–Trinajstić information content (AvgIpc) is 2.19. The zero-order valence-electron chi connectivity index (χ0n) is 11.0. The van der Waals surface area contributed by atoms with Gasteiger partial charge in [-0.05, 0) is 18.8 Å². The molecule has 0 rings (SSSR count). The van der Waals surface area contributed by atoms with Gasteiger partial charge >= 0.3 is 12.0 Å². The van der Waals surface area contributed by atoms with Gasteiger partial charge in [0.2, 0.25) is 0 Å². The minimum Gasteiger partial charge on any atom is -0.481 e. The number of carbonyl (C=O) groups excluding carboxylic acids is 1. The van der Waals surface area contributed by atoms with E-state index in [1.54, 1.807) is 6.20 Å². The van der Waals surface area contributed by atoms with E-state index >= 15 is 0 Å². The zero-order chi connectivity index (χ0) is 13.5. The molecular weight excluding hydrogens is 220 g/mol. The van der Waals surface area contributed by atoms with E-state index in [2.05, 4.69) is 31.4 Å². The molecule has 0 radical (unpaired) electrons. The molecule has 0 aromatic rings. The Kier molecular flexibility index (Phi) is 6.31. The molecule has 0 atom stereocenters. The van der Waals surface area contributed by atoms with Crippen LogP contribution in [-0.2, 0) is 4.79 Å². The summed E-state index contributed by atoms with van der Waals surface area (Å²) in [5.74, 6) is -0.851. The van der Waals surface area contributed by atoms with Gasteiger partial charge in [0.25, 0.3) is 0 Å². The van der Waals surface area contributed by atoms with Crippen molar-refractivity contribution in [2.24, 2.45) is 5.41 Å².